The van der Waals surface area contributed by atoms with Gasteiger partial charge in [0.05, 0.1) is 12.3 Å². The third-order valence-corrected chi connectivity index (χ3v) is 9.32. The summed E-state index contributed by atoms with van der Waals surface area (Å²) in [5.41, 5.74) is 9.79. The van der Waals surface area contributed by atoms with E-state index in [1.54, 1.807) is 0 Å². The summed E-state index contributed by atoms with van der Waals surface area (Å²) in [5, 5.41) is 7.60. The lowest BCUT2D eigenvalue weighted by Gasteiger charge is -2.28. The lowest BCUT2D eigenvalue weighted by Crippen LogP contribution is -2.30. The third-order valence-electron chi connectivity index (χ3n) is 9.32. The second-order valence-electron chi connectivity index (χ2n) is 11.9. The van der Waals surface area contributed by atoms with E-state index in [0.717, 1.165) is 12.3 Å². The zero-order chi connectivity index (χ0) is 29.7. The van der Waals surface area contributed by atoms with Crippen molar-refractivity contribution in [1.29, 1.82) is 0 Å². The van der Waals surface area contributed by atoms with Crippen molar-refractivity contribution in [3.8, 4) is 22.3 Å². The fourth-order valence-electron chi connectivity index (χ4n) is 7.20. The second-order valence-corrected chi connectivity index (χ2v) is 11.9. The maximum atomic E-state index is 5.14. The molecule has 45 heavy (non-hydrogen) atoms. The smallest absolute Gasteiger partial charge is 0.141 e. The summed E-state index contributed by atoms with van der Waals surface area (Å²) < 4.78 is 0. The molecule has 0 amide bonds. The molecule has 0 spiro atoms. The van der Waals surface area contributed by atoms with Crippen molar-refractivity contribution in [3.63, 3.8) is 0 Å². The first-order valence-corrected chi connectivity index (χ1v) is 15.6. The maximum Gasteiger partial charge on any atom is 0.141 e. The van der Waals surface area contributed by atoms with Crippen LogP contribution >= 0.6 is 0 Å². The Morgan fingerprint density at radius 1 is 0.489 bits per heavy atom. The molecule has 0 bridgehead atoms. The molecule has 212 valence electrons. The largest absolute Gasteiger partial charge is 0.340 e. The van der Waals surface area contributed by atoms with Crippen LogP contribution in [-0.4, -0.2) is 23.3 Å². The van der Waals surface area contributed by atoms with E-state index in [0.29, 0.717) is 0 Å². The predicted molar refractivity (Wildman–Crippen MR) is 190 cm³/mol. The van der Waals surface area contributed by atoms with Crippen molar-refractivity contribution < 1.29 is 0 Å². The Morgan fingerprint density at radius 3 is 1.73 bits per heavy atom. The monoisotopic (exact) mass is 574 g/mol. The Morgan fingerprint density at radius 2 is 1.04 bits per heavy atom. The van der Waals surface area contributed by atoms with Gasteiger partial charge in [-0.05, 0) is 83.9 Å². The highest BCUT2D eigenvalue weighted by Crippen LogP contribution is 2.44. The van der Waals surface area contributed by atoms with Crippen LogP contribution in [0.25, 0.3) is 60.3 Å². The van der Waals surface area contributed by atoms with Gasteiger partial charge in [0, 0.05) is 5.70 Å². The van der Waals surface area contributed by atoms with Gasteiger partial charge in [-0.15, -0.1) is 0 Å². The molecule has 0 aromatic heterocycles. The van der Waals surface area contributed by atoms with Gasteiger partial charge in [-0.1, -0.05) is 146 Å². The average Bonchev–Trinajstić information content (AvgIpc) is 3.56. The molecule has 2 aliphatic rings. The van der Waals surface area contributed by atoms with Gasteiger partial charge in [-0.3, -0.25) is 4.99 Å². The molecule has 0 aliphatic carbocycles. The molecule has 9 rings (SSSR count). The number of rotatable bonds is 4. The molecule has 1 unspecified atom stereocenters. The molecule has 7 aromatic carbocycles. The number of aliphatic imine (C=N–C) groups is 1. The topological polar surface area (TPSA) is 15.6 Å². The molecule has 0 radical (unpaired) electrons. The molecular weight excluding hydrogens is 544 g/mol. The normalized spacial score (nSPS) is 15.8. The molecule has 2 nitrogen and oxygen atoms in total. The van der Waals surface area contributed by atoms with Crippen LogP contribution < -0.4 is 0 Å². The molecule has 7 aromatic rings. The molecular formula is C43H30N2. The first kappa shape index (κ1) is 25.7. The van der Waals surface area contributed by atoms with Crippen LogP contribution in [0.15, 0.2) is 169 Å². The summed E-state index contributed by atoms with van der Waals surface area (Å²) in [5.74, 6) is 0. The van der Waals surface area contributed by atoms with Gasteiger partial charge in [0.2, 0.25) is 0 Å². The van der Waals surface area contributed by atoms with Crippen LogP contribution in [0.4, 0.5) is 0 Å². The summed E-state index contributed by atoms with van der Waals surface area (Å²) in [6.07, 6.45) is 6.56. The number of allylic oxidation sites excluding steroid dienone is 2. The molecule has 0 N–H and O–H groups in total. The van der Waals surface area contributed by atoms with Crippen LogP contribution in [-0.2, 0) is 0 Å². The van der Waals surface area contributed by atoms with E-state index in [4.69, 9.17) is 4.99 Å². The van der Waals surface area contributed by atoms with Crippen molar-refractivity contribution in [3.05, 3.63) is 175 Å². The van der Waals surface area contributed by atoms with Crippen molar-refractivity contribution >= 4 is 43.7 Å². The number of nitrogens with zero attached hydrogens (tertiary/aromatic N) is 2. The van der Waals surface area contributed by atoms with E-state index in [1.165, 1.54) is 71.4 Å². The van der Waals surface area contributed by atoms with Crippen LogP contribution in [0.2, 0.25) is 0 Å². The summed E-state index contributed by atoms with van der Waals surface area (Å²) in [4.78, 5) is 7.53. The van der Waals surface area contributed by atoms with Crippen molar-refractivity contribution in [1.82, 2.24) is 4.90 Å². The van der Waals surface area contributed by atoms with Gasteiger partial charge in [-0.25, -0.2) is 0 Å². The van der Waals surface area contributed by atoms with Gasteiger partial charge in [-0.2, -0.15) is 0 Å². The number of fused-ring (bicyclic) bond motifs is 4. The van der Waals surface area contributed by atoms with Crippen LogP contribution in [0, 0.1) is 0 Å². The van der Waals surface area contributed by atoms with E-state index in [1.807, 2.05) is 0 Å². The Kier molecular flexibility index (Phi) is 5.99. The standard InChI is InChI=1S/C43H30N2/c1-2-12-31(13-3-1)40-19-10-20-41-44-39(28-45(40)41)30-22-24-32(25-23-30)42-35-15-6-8-17-37(35)43(38-18-9-7-16-36(38)42)34-26-21-29-11-4-5-14-33(29)27-34/h1-27,41H,28H2. The summed E-state index contributed by atoms with van der Waals surface area (Å²) in [6, 6.07) is 52.9. The molecule has 0 saturated carbocycles. The minimum absolute atomic E-state index is 0.0374. The highest BCUT2D eigenvalue weighted by atomic mass is 15.3. The van der Waals surface area contributed by atoms with E-state index in [9.17, 15) is 0 Å². The second kappa shape index (κ2) is 10.5. The fourth-order valence-corrected chi connectivity index (χ4v) is 7.20. The van der Waals surface area contributed by atoms with E-state index in [-0.39, 0.29) is 6.17 Å². The molecule has 2 heterocycles. The quantitative estimate of drug-likeness (QED) is 0.191. The fraction of sp³-hybridized carbons (Fsp3) is 0.0465. The minimum atomic E-state index is 0.0374. The summed E-state index contributed by atoms with van der Waals surface area (Å²) in [6.45, 7) is 0.793. The highest BCUT2D eigenvalue weighted by molar-refractivity contribution is 6.21. The van der Waals surface area contributed by atoms with E-state index >= 15 is 0 Å². The summed E-state index contributed by atoms with van der Waals surface area (Å²) in [7, 11) is 0. The lowest BCUT2D eigenvalue weighted by atomic mass is 9.85. The molecule has 1 atom stereocenters. The van der Waals surface area contributed by atoms with Gasteiger partial charge >= 0.3 is 0 Å². The number of benzene rings is 7. The van der Waals surface area contributed by atoms with Crippen molar-refractivity contribution in [2.75, 3.05) is 6.54 Å². The van der Waals surface area contributed by atoms with E-state index < -0.39 is 0 Å². The van der Waals surface area contributed by atoms with Gasteiger partial charge < -0.3 is 4.90 Å². The molecule has 0 saturated heterocycles. The zero-order valence-electron chi connectivity index (χ0n) is 24.8. The van der Waals surface area contributed by atoms with E-state index in [2.05, 4.69) is 169 Å². The SMILES string of the molecule is C1=CC2N=C(c3ccc(-c4c5ccccc5c(-c5ccc6ccccc6c5)c5ccccc45)cc3)CN2C(c2ccccc2)=C1. The predicted octanol–water partition coefficient (Wildman–Crippen LogP) is 10.5. The first-order chi connectivity index (χ1) is 22.3. The lowest BCUT2D eigenvalue weighted by molar-refractivity contribution is 0.416. The van der Waals surface area contributed by atoms with Gasteiger partial charge in [0.1, 0.15) is 6.17 Å². The Labute approximate surface area is 262 Å². The summed E-state index contributed by atoms with van der Waals surface area (Å²) >= 11 is 0. The molecule has 2 heteroatoms. The average molecular weight is 575 g/mol. The number of hydrogen-bond acceptors (Lipinski definition) is 2. The van der Waals surface area contributed by atoms with Crippen molar-refractivity contribution in [2.45, 2.75) is 6.17 Å². The van der Waals surface area contributed by atoms with Crippen LogP contribution in [0.3, 0.4) is 0 Å². The molecule has 2 aliphatic heterocycles. The Hall–Kier alpha value is -5.73. The third kappa shape index (κ3) is 4.29. The Balaban J connectivity index is 1.13. The maximum absolute atomic E-state index is 5.14. The van der Waals surface area contributed by atoms with Crippen LogP contribution in [0.5, 0.6) is 0 Å². The van der Waals surface area contributed by atoms with Crippen LogP contribution in [0.1, 0.15) is 11.1 Å². The Bertz CT molecular complexity index is 2290. The zero-order valence-corrected chi connectivity index (χ0v) is 24.8. The highest BCUT2D eigenvalue weighted by Gasteiger charge is 2.29. The number of hydrogen-bond donors (Lipinski definition) is 0. The van der Waals surface area contributed by atoms with Crippen molar-refractivity contribution in [2.24, 2.45) is 4.99 Å². The first-order valence-electron chi connectivity index (χ1n) is 15.6. The minimum Gasteiger partial charge on any atom is -0.340 e. The van der Waals surface area contributed by atoms with Gasteiger partial charge in [0.15, 0.2) is 0 Å². The van der Waals surface area contributed by atoms with Gasteiger partial charge in [0.25, 0.3) is 0 Å². The molecule has 0 fully saturated rings.